The van der Waals surface area contributed by atoms with Crippen molar-refractivity contribution in [1.82, 2.24) is 9.78 Å². The van der Waals surface area contributed by atoms with Crippen molar-refractivity contribution in [2.45, 2.75) is 26.3 Å². The second-order valence-electron chi connectivity index (χ2n) is 6.02. The van der Waals surface area contributed by atoms with Crippen LogP contribution in [0.5, 0.6) is 11.5 Å². The molecular formula is C20H20FN3O2. The summed E-state index contributed by atoms with van der Waals surface area (Å²) in [4.78, 5) is 12.0. The predicted octanol–water partition coefficient (Wildman–Crippen LogP) is 4.54. The zero-order chi connectivity index (χ0) is 18.4. The Morgan fingerprint density at radius 3 is 2.77 bits per heavy atom. The minimum absolute atomic E-state index is 0.0226. The highest BCUT2D eigenvalue weighted by atomic mass is 19.1. The van der Waals surface area contributed by atoms with Crippen LogP contribution in [0, 0.1) is 12.7 Å². The van der Waals surface area contributed by atoms with Crippen LogP contribution in [0.1, 0.15) is 18.4 Å². The quantitative estimate of drug-likeness (QED) is 0.678. The van der Waals surface area contributed by atoms with Crippen LogP contribution < -0.4 is 10.1 Å². The average Bonchev–Trinajstić information content (AvgIpc) is 3.04. The fraction of sp³-hybridized carbons (Fsp3) is 0.200. The Hall–Kier alpha value is -3.15. The molecule has 1 aromatic heterocycles. The Balaban J connectivity index is 1.44. The summed E-state index contributed by atoms with van der Waals surface area (Å²) in [6, 6.07) is 13.5. The zero-order valence-electron chi connectivity index (χ0n) is 14.5. The summed E-state index contributed by atoms with van der Waals surface area (Å²) in [5, 5.41) is 7.10. The van der Waals surface area contributed by atoms with E-state index >= 15 is 0 Å². The van der Waals surface area contributed by atoms with Gasteiger partial charge in [0, 0.05) is 18.7 Å². The molecule has 0 saturated heterocycles. The van der Waals surface area contributed by atoms with E-state index in [1.54, 1.807) is 29.2 Å². The lowest BCUT2D eigenvalue weighted by Gasteiger charge is -2.06. The van der Waals surface area contributed by atoms with Gasteiger partial charge in [0.1, 0.15) is 11.6 Å². The van der Waals surface area contributed by atoms with Crippen LogP contribution >= 0.6 is 0 Å². The molecule has 0 aliphatic carbocycles. The normalized spacial score (nSPS) is 10.5. The van der Waals surface area contributed by atoms with E-state index < -0.39 is 0 Å². The molecule has 0 bridgehead atoms. The zero-order valence-corrected chi connectivity index (χ0v) is 14.5. The van der Waals surface area contributed by atoms with Gasteiger partial charge in [0.25, 0.3) is 0 Å². The molecule has 1 heterocycles. The first-order valence-electron chi connectivity index (χ1n) is 8.41. The number of nitrogens with one attached hydrogen (secondary N) is 1. The van der Waals surface area contributed by atoms with E-state index in [0.29, 0.717) is 30.9 Å². The minimum Gasteiger partial charge on any atom is -0.454 e. The maximum Gasteiger partial charge on any atom is 0.224 e. The third-order valence-corrected chi connectivity index (χ3v) is 3.75. The molecule has 134 valence electrons. The van der Waals surface area contributed by atoms with Crippen LogP contribution in [0.25, 0.3) is 0 Å². The molecule has 0 atom stereocenters. The number of nitrogens with zero attached hydrogens (tertiary/aromatic N) is 2. The molecule has 3 aromatic rings. The summed E-state index contributed by atoms with van der Waals surface area (Å²) in [6.07, 6.45) is 4.41. The van der Waals surface area contributed by atoms with E-state index in [1.807, 2.05) is 31.2 Å². The van der Waals surface area contributed by atoms with E-state index in [0.717, 1.165) is 11.3 Å². The third kappa shape index (κ3) is 5.17. The van der Waals surface area contributed by atoms with E-state index in [2.05, 4.69) is 10.4 Å². The molecule has 6 heteroatoms. The van der Waals surface area contributed by atoms with Crippen LogP contribution in [0.2, 0.25) is 0 Å². The van der Waals surface area contributed by atoms with E-state index in [9.17, 15) is 9.18 Å². The van der Waals surface area contributed by atoms with Crippen molar-refractivity contribution in [1.29, 1.82) is 0 Å². The molecule has 2 aromatic carbocycles. The maximum absolute atomic E-state index is 12.9. The van der Waals surface area contributed by atoms with Crippen molar-refractivity contribution in [3.63, 3.8) is 0 Å². The topological polar surface area (TPSA) is 56.2 Å². The fourth-order valence-corrected chi connectivity index (χ4v) is 2.51. The number of halogens is 1. The van der Waals surface area contributed by atoms with Gasteiger partial charge in [0.15, 0.2) is 5.75 Å². The number of amides is 1. The molecule has 0 saturated carbocycles. The molecule has 0 aliphatic rings. The minimum atomic E-state index is -0.308. The number of carbonyl (C=O) groups is 1. The molecule has 0 unspecified atom stereocenters. The van der Waals surface area contributed by atoms with Gasteiger partial charge in [0.05, 0.1) is 12.4 Å². The van der Waals surface area contributed by atoms with Crippen molar-refractivity contribution >= 4 is 11.6 Å². The van der Waals surface area contributed by atoms with Crippen molar-refractivity contribution < 1.29 is 13.9 Å². The number of rotatable bonds is 7. The van der Waals surface area contributed by atoms with Gasteiger partial charge in [-0.3, -0.25) is 9.48 Å². The van der Waals surface area contributed by atoms with E-state index in [1.165, 1.54) is 12.1 Å². The van der Waals surface area contributed by atoms with Crippen LogP contribution in [-0.4, -0.2) is 15.7 Å². The molecule has 1 amide bonds. The summed E-state index contributed by atoms with van der Waals surface area (Å²) in [7, 11) is 0. The SMILES string of the molecule is Cc1cccc(NC(=O)CCCn2cc(Oc3ccc(F)cc3)cn2)c1. The largest absolute Gasteiger partial charge is 0.454 e. The van der Waals surface area contributed by atoms with Gasteiger partial charge in [0.2, 0.25) is 5.91 Å². The Labute approximate surface area is 151 Å². The summed E-state index contributed by atoms with van der Waals surface area (Å²) in [5.41, 5.74) is 1.91. The van der Waals surface area contributed by atoms with Crippen LogP contribution in [0.15, 0.2) is 60.9 Å². The van der Waals surface area contributed by atoms with E-state index in [4.69, 9.17) is 4.74 Å². The number of ether oxygens (including phenoxy) is 1. The first-order valence-corrected chi connectivity index (χ1v) is 8.41. The molecule has 0 spiro atoms. The summed E-state index contributed by atoms with van der Waals surface area (Å²) >= 11 is 0. The number of aryl methyl sites for hydroxylation is 2. The van der Waals surface area contributed by atoms with Crippen LogP contribution in [0.4, 0.5) is 10.1 Å². The predicted molar refractivity (Wildman–Crippen MR) is 97.7 cm³/mol. The second-order valence-corrected chi connectivity index (χ2v) is 6.02. The Kier molecular flexibility index (Phi) is 5.63. The fourth-order valence-electron chi connectivity index (χ4n) is 2.51. The Morgan fingerprint density at radius 1 is 1.19 bits per heavy atom. The van der Waals surface area contributed by atoms with Crippen molar-refractivity contribution in [3.8, 4) is 11.5 Å². The molecule has 0 aliphatic heterocycles. The molecular weight excluding hydrogens is 333 g/mol. The molecule has 3 rings (SSSR count). The molecule has 0 fully saturated rings. The molecule has 1 N–H and O–H groups in total. The van der Waals surface area contributed by atoms with Gasteiger partial charge in [-0.25, -0.2) is 4.39 Å². The second kappa shape index (κ2) is 8.29. The van der Waals surface area contributed by atoms with Gasteiger partial charge < -0.3 is 10.1 Å². The first kappa shape index (κ1) is 17.7. The highest BCUT2D eigenvalue weighted by Crippen LogP contribution is 2.20. The lowest BCUT2D eigenvalue weighted by molar-refractivity contribution is -0.116. The Bertz CT molecular complexity index is 875. The van der Waals surface area contributed by atoms with Crippen LogP contribution in [0.3, 0.4) is 0 Å². The van der Waals surface area contributed by atoms with Crippen molar-refractivity contribution in [2.75, 3.05) is 5.32 Å². The molecule has 0 radical (unpaired) electrons. The number of aromatic nitrogens is 2. The number of hydrogen-bond acceptors (Lipinski definition) is 3. The molecule has 5 nitrogen and oxygen atoms in total. The van der Waals surface area contributed by atoms with Gasteiger partial charge >= 0.3 is 0 Å². The smallest absolute Gasteiger partial charge is 0.224 e. The van der Waals surface area contributed by atoms with Gasteiger partial charge in [-0.1, -0.05) is 12.1 Å². The van der Waals surface area contributed by atoms with Gasteiger partial charge in [-0.15, -0.1) is 0 Å². The third-order valence-electron chi connectivity index (χ3n) is 3.75. The number of hydrogen-bond donors (Lipinski definition) is 1. The van der Waals surface area contributed by atoms with Crippen LogP contribution in [-0.2, 0) is 11.3 Å². The van der Waals surface area contributed by atoms with E-state index in [-0.39, 0.29) is 11.7 Å². The number of benzene rings is 2. The Morgan fingerprint density at radius 2 is 2.00 bits per heavy atom. The first-order chi connectivity index (χ1) is 12.6. The standard InChI is InChI=1S/C20H20FN3O2/c1-15-4-2-5-17(12-15)23-20(25)6-3-11-24-14-19(13-22-24)26-18-9-7-16(21)8-10-18/h2,4-5,7-10,12-14H,3,6,11H2,1H3,(H,23,25). The summed E-state index contributed by atoms with van der Waals surface area (Å²) in [6.45, 7) is 2.59. The van der Waals surface area contributed by atoms with Crippen molar-refractivity contribution in [3.05, 3.63) is 72.3 Å². The highest BCUT2D eigenvalue weighted by molar-refractivity contribution is 5.90. The average molecular weight is 353 g/mol. The summed E-state index contributed by atoms with van der Waals surface area (Å²) < 4.78 is 20.2. The lowest BCUT2D eigenvalue weighted by atomic mass is 10.2. The lowest BCUT2D eigenvalue weighted by Crippen LogP contribution is -2.12. The summed E-state index contributed by atoms with van der Waals surface area (Å²) in [5.74, 6) is 0.784. The highest BCUT2D eigenvalue weighted by Gasteiger charge is 2.05. The maximum atomic E-state index is 12.9. The monoisotopic (exact) mass is 353 g/mol. The molecule has 26 heavy (non-hydrogen) atoms. The van der Waals surface area contributed by atoms with Crippen molar-refractivity contribution in [2.24, 2.45) is 0 Å². The number of anilines is 1. The number of carbonyl (C=O) groups excluding carboxylic acids is 1. The van der Waals surface area contributed by atoms with Gasteiger partial charge in [-0.2, -0.15) is 5.10 Å². The van der Waals surface area contributed by atoms with Gasteiger partial charge in [-0.05, 0) is 55.3 Å².